The Balaban J connectivity index is 0. The van der Waals surface area contributed by atoms with E-state index in [2.05, 4.69) is 64.3 Å². The predicted octanol–water partition coefficient (Wildman–Crippen LogP) is 5.94. The van der Waals surface area contributed by atoms with E-state index in [9.17, 15) is 0 Å². The van der Waals surface area contributed by atoms with Gasteiger partial charge in [0.1, 0.15) is 5.54 Å². The van der Waals surface area contributed by atoms with Gasteiger partial charge in [-0.3, -0.25) is 0 Å². The topological polar surface area (TPSA) is 49.8 Å². The molecule has 3 heteroatoms. The molecule has 0 radical (unpaired) electrons. The van der Waals surface area contributed by atoms with Gasteiger partial charge in [-0.15, -0.1) is 12.3 Å². The smallest absolute Gasteiger partial charge is 0.105 e. The Kier molecular flexibility index (Phi) is 14.9. The minimum atomic E-state index is -0.662. The third kappa shape index (κ3) is 11.2. The number of thiol groups is 1. The van der Waals surface area contributed by atoms with Gasteiger partial charge in [0.25, 0.3) is 0 Å². The Morgan fingerprint density at radius 2 is 1.59 bits per heavy atom. The summed E-state index contributed by atoms with van der Waals surface area (Å²) in [7, 11) is 0. The first-order valence-corrected chi connectivity index (χ1v) is 9.75. The summed E-state index contributed by atoms with van der Waals surface area (Å²) in [6.07, 6.45) is 17.5. The van der Waals surface area contributed by atoms with Crippen LogP contribution < -0.4 is 5.73 Å². The van der Waals surface area contributed by atoms with Crippen LogP contribution >= 0.6 is 12.6 Å². The lowest BCUT2D eigenvalue weighted by Gasteiger charge is -2.40. The van der Waals surface area contributed by atoms with Gasteiger partial charge < -0.3 is 5.73 Å². The number of nitrogens with two attached hydrogens (primary N) is 1. The van der Waals surface area contributed by atoms with Crippen molar-refractivity contribution >= 4 is 12.6 Å². The lowest BCUT2D eigenvalue weighted by molar-refractivity contribution is 0.241. The Bertz CT molecular complexity index is 659. The van der Waals surface area contributed by atoms with Gasteiger partial charge in [-0.05, 0) is 49.5 Å². The van der Waals surface area contributed by atoms with Crippen LogP contribution in [0.2, 0.25) is 0 Å². The van der Waals surface area contributed by atoms with Crippen LogP contribution in [0, 0.1) is 29.6 Å². The number of terminal acetylenes is 1. The standard InChI is InChI=1S/C20H26N2.C3H4.CH4S/c1-6-7-15(2)8-9-16(3)17(4)10-11-18(5)19-12-20(22,13-19)14-21;1-3-2;1-2/h8-11,19H,2-7,12-13,22H2,1H3;1H,2H3;2H,1H3/b9-8-,11-10-;;. The highest BCUT2D eigenvalue weighted by molar-refractivity contribution is 7.79. The van der Waals surface area contributed by atoms with Gasteiger partial charge >= 0.3 is 0 Å². The maximum atomic E-state index is 8.91. The van der Waals surface area contributed by atoms with Gasteiger partial charge in [0, 0.05) is 0 Å². The summed E-state index contributed by atoms with van der Waals surface area (Å²) in [5, 5.41) is 8.91. The first-order valence-electron chi connectivity index (χ1n) is 8.86. The minimum Gasteiger partial charge on any atom is -0.313 e. The van der Waals surface area contributed by atoms with E-state index in [-0.39, 0.29) is 0 Å². The highest BCUT2D eigenvalue weighted by atomic mass is 32.1. The fourth-order valence-corrected chi connectivity index (χ4v) is 2.35. The molecule has 146 valence electrons. The fraction of sp³-hybridized carbons (Fsp3) is 0.375. The van der Waals surface area contributed by atoms with E-state index in [1.807, 2.05) is 24.3 Å². The van der Waals surface area contributed by atoms with E-state index in [0.717, 1.165) is 35.1 Å². The van der Waals surface area contributed by atoms with E-state index in [1.165, 1.54) is 0 Å². The normalized spacial score (nSPS) is 20.0. The predicted molar refractivity (Wildman–Crippen MR) is 124 cm³/mol. The molecule has 0 heterocycles. The van der Waals surface area contributed by atoms with Crippen LogP contribution in [0.5, 0.6) is 0 Å². The summed E-state index contributed by atoms with van der Waals surface area (Å²) in [5.74, 6) is 2.54. The van der Waals surface area contributed by atoms with E-state index < -0.39 is 5.54 Å². The molecule has 1 fully saturated rings. The molecular formula is C24H34N2S. The molecule has 27 heavy (non-hydrogen) atoms. The summed E-state index contributed by atoms with van der Waals surface area (Å²) >= 11 is 3.53. The van der Waals surface area contributed by atoms with Gasteiger partial charge in [-0.1, -0.05) is 75.1 Å². The Morgan fingerprint density at radius 1 is 1.15 bits per heavy atom. The van der Waals surface area contributed by atoms with Crippen molar-refractivity contribution in [2.75, 3.05) is 6.26 Å². The minimum absolute atomic E-state index is 0.293. The molecule has 1 aliphatic carbocycles. The molecule has 0 bridgehead atoms. The Morgan fingerprint density at radius 3 is 2.00 bits per heavy atom. The zero-order valence-electron chi connectivity index (χ0n) is 17.1. The highest BCUT2D eigenvalue weighted by Crippen LogP contribution is 2.39. The number of allylic oxidation sites excluding steroid dienone is 8. The quantitative estimate of drug-likeness (QED) is 0.310. The number of hydrogen-bond donors (Lipinski definition) is 2. The van der Waals surface area contributed by atoms with Crippen molar-refractivity contribution in [1.82, 2.24) is 0 Å². The zero-order valence-corrected chi connectivity index (χ0v) is 18.0. The van der Waals surface area contributed by atoms with Crippen LogP contribution in [0.25, 0.3) is 0 Å². The molecule has 1 aliphatic rings. The molecule has 0 aromatic rings. The van der Waals surface area contributed by atoms with E-state index in [0.29, 0.717) is 18.8 Å². The van der Waals surface area contributed by atoms with Crippen LogP contribution in [-0.4, -0.2) is 11.8 Å². The number of nitriles is 1. The first kappa shape index (κ1) is 27.0. The molecule has 0 unspecified atom stereocenters. The first-order chi connectivity index (χ1) is 12.7. The maximum absolute atomic E-state index is 8.91. The van der Waals surface area contributed by atoms with Gasteiger partial charge in [-0.2, -0.15) is 17.9 Å². The second-order valence-electron chi connectivity index (χ2n) is 6.36. The summed E-state index contributed by atoms with van der Waals surface area (Å²) in [4.78, 5) is 0. The summed E-state index contributed by atoms with van der Waals surface area (Å²) in [6.45, 7) is 19.8. The van der Waals surface area contributed by atoms with Gasteiger partial charge in [0.05, 0.1) is 6.07 Å². The average molecular weight is 383 g/mol. The lowest BCUT2D eigenvalue weighted by Crippen LogP contribution is -2.50. The van der Waals surface area contributed by atoms with E-state index in [4.69, 9.17) is 11.0 Å². The fourth-order valence-electron chi connectivity index (χ4n) is 2.35. The summed E-state index contributed by atoms with van der Waals surface area (Å²) in [5.41, 5.74) is 8.98. The van der Waals surface area contributed by atoms with Gasteiger partial charge in [0.2, 0.25) is 0 Å². The van der Waals surface area contributed by atoms with Crippen molar-refractivity contribution in [3.05, 3.63) is 72.9 Å². The molecule has 0 amide bonds. The van der Waals surface area contributed by atoms with Gasteiger partial charge in [-0.25, -0.2) is 0 Å². The maximum Gasteiger partial charge on any atom is 0.105 e. The molecule has 0 spiro atoms. The van der Waals surface area contributed by atoms with E-state index in [1.54, 1.807) is 13.2 Å². The van der Waals surface area contributed by atoms with Crippen molar-refractivity contribution in [1.29, 1.82) is 5.26 Å². The molecule has 0 saturated heterocycles. The summed E-state index contributed by atoms with van der Waals surface area (Å²) < 4.78 is 0. The molecule has 1 rings (SSSR count). The largest absolute Gasteiger partial charge is 0.313 e. The molecule has 0 aromatic carbocycles. The van der Waals surface area contributed by atoms with E-state index >= 15 is 0 Å². The van der Waals surface area contributed by atoms with Crippen molar-refractivity contribution in [2.24, 2.45) is 11.7 Å². The molecule has 2 nitrogen and oxygen atoms in total. The number of rotatable bonds is 8. The molecular weight excluding hydrogens is 348 g/mol. The second kappa shape index (κ2) is 14.9. The van der Waals surface area contributed by atoms with Crippen LogP contribution in [0.1, 0.15) is 39.5 Å². The molecule has 0 aliphatic heterocycles. The van der Waals surface area contributed by atoms with Gasteiger partial charge in [0.15, 0.2) is 0 Å². The van der Waals surface area contributed by atoms with Crippen molar-refractivity contribution in [3.8, 4) is 18.4 Å². The van der Waals surface area contributed by atoms with Crippen LogP contribution in [-0.2, 0) is 0 Å². The van der Waals surface area contributed by atoms with Crippen LogP contribution in [0.3, 0.4) is 0 Å². The Labute approximate surface area is 172 Å². The Hall–Kier alpha value is -2.20. The third-order valence-corrected chi connectivity index (χ3v) is 3.97. The molecule has 0 atom stereocenters. The van der Waals surface area contributed by atoms with Crippen LogP contribution in [0.15, 0.2) is 72.9 Å². The average Bonchev–Trinajstić information content (AvgIpc) is 2.63. The molecule has 0 aromatic heterocycles. The zero-order chi connectivity index (χ0) is 21.5. The van der Waals surface area contributed by atoms with Crippen LogP contribution in [0.4, 0.5) is 0 Å². The monoisotopic (exact) mass is 382 g/mol. The highest BCUT2D eigenvalue weighted by Gasteiger charge is 2.41. The molecule has 1 saturated carbocycles. The van der Waals surface area contributed by atoms with Crippen molar-refractivity contribution in [2.45, 2.75) is 45.1 Å². The molecule has 2 N–H and O–H groups in total. The van der Waals surface area contributed by atoms with Crippen molar-refractivity contribution < 1.29 is 0 Å². The van der Waals surface area contributed by atoms with Crippen molar-refractivity contribution in [3.63, 3.8) is 0 Å². The lowest BCUT2D eigenvalue weighted by atomic mass is 9.67. The number of nitrogens with zero attached hydrogens (tertiary/aromatic N) is 1. The summed E-state index contributed by atoms with van der Waals surface area (Å²) in [6, 6.07) is 2.15. The number of hydrogen-bond acceptors (Lipinski definition) is 3. The SMILES string of the molecule is C#CC.C=C(/C=C\C(=C)C(=C)/C=C\C(=C)C1CC(N)(C#N)C1)CCC.CS. The third-order valence-electron chi connectivity index (χ3n) is 3.97. The second-order valence-corrected chi connectivity index (χ2v) is 6.36.